The number of nitrogens with one attached hydrogen (secondary N) is 1. The molecule has 0 saturated heterocycles. The monoisotopic (exact) mass is 349 g/mol. The van der Waals surface area contributed by atoms with E-state index in [1.54, 1.807) is 0 Å². The van der Waals surface area contributed by atoms with Gasteiger partial charge in [0.15, 0.2) is 0 Å². The highest BCUT2D eigenvalue weighted by Crippen LogP contribution is 2.30. The van der Waals surface area contributed by atoms with Gasteiger partial charge in [0.25, 0.3) is 0 Å². The molecule has 0 bridgehead atoms. The molecule has 4 heteroatoms. The summed E-state index contributed by atoms with van der Waals surface area (Å²) in [6.45, 7) is 10.1. The first-order chi connectivity index (χ1) is 10.7. The molecule has 1 N–H and O–H groups in total. The molecule has 0 aromatic heterocycles. The molecule has 2 unspecified atom stereocenters. The lowest BCUT2D eigenvalue weighted by Gasteiger charge is -2.29. The zero-order chi connectivity index (χ0) is 17.2. The molecule has 0 amide bonds. The van der Waals surface area contributed by atoms with Crippen molar-refractivity contribution in [2.24, 2.45) is 0 Å². The van der Waals surface area contributed by atoms with Crippen LogP contribution >= 0.6 is 11.6 Å². The van der Waals surface area contributed by atoms with Gasteiger partial charge in [-0.2, -0.15) is 0 Å². The lowest BCUT2D eigenvalue weighted by atomic mass is 9.94. The van der Waals surface area contributed by atoms with Gasteiger partial charge < -0.3 is 4.55 Å². The first-order valence-electron chi connectivity index (χ1n) is 7.69. The molecule has 0 spiro atoms. The number of benzene rings is 2. The van der Waals surface area contributed by atoms with Crippen molar-refractivity contribution in [3.05, 3.63) is 69.7 Å². The minimum absolute atomic E-state index is 0.158. The Kier molecular flexibility index (Phi) is 5.79. The summed E-state index contributed by atoms with van der Waals surface area (Å²) < 4.78 is 15.6. The van der Waals surface area contributed by atoms with E-state index in [-0.39, 0.29) is 10.8 Å². The Morgan fingerprint density at radius 1 is 1.09 bits per heavy atom. The van der Waals surface area contributed by atoms with E-state index >= 15 is 0 Å². The van der Waals surface area contributed by atoms with Crippen LogP contribution in [0.25, 0.3) is 0 Å². The largest absolute Gasteiger partial charge is 0.598 e. The van der Waals surface area contributed by atoms with E-state index in [2.05, 4.69) is 36.8 Å². The van der Waals surface area contributed by atoms with Crippen LogP contribution in [0.2, 0.25) is 5.02 Å². The van der Waals surface area contributed by atoms with Gasteiger partial charge in [0.05, 0.1) is 0 Å². The highest BCUT2D eigenvalue weighted by Gasteiger charge is 2.31. The third-order valence-corrected chi connectivity index (χ3v) is 5.50. The molecule has 0 saturated carbocycles. The molecule has 2 aromatic carbocycles. The molecule has 0 radical (unpaired) electrons. The van der Waals surface area contributed by atoms with Gasteiger partial charge in [-0.1, -0.05) is 47.5 Å². The van der Waals surface area contributed by atoms with Crippen molar-refractivity contribution in [1.82, 2.24) is 4.72 Å². The first kappa shape index (κ1) is 18.3. The maximum absolute atomic E-state index is 12.7. The SMILES string of the molecule is Cc1ccc(C(N[S+]([O-])C(C)(C)C)c2cccc(Cl)c2)c(C)c1. The lowest BCUT2D eigenvalue weighted by molar-refractivity contribution is 0.535. The van der Waals surface area contributed by atoms with Gasteiger partial charge >= 0.3 is 0 Å². The number of halogens is 1. The topological polar surface area (TPSA) is 35.1 Å². The number of aryl methyl sites for hydroxylation is 2. The molecular weight excluding hydrogens is 326 g/mol. The van der Waals surface area contributed by atoms with Crippen LogP contribution in [0.1, 0.15) is 49.1 Å². The molecule has 0 fully saturated rings. The fraction of sp³-hybridized carbons (Fsp3) is 0.368. The molecule has 0 aliphatic rings. The second-order valence-electron chi connectivity index (χ2n) is 6.85. The summed E-state index contributed by atoms with van der Waals surface area (Å²) in [6.07, 6.45) is 0. The van der Waals surface area contributed by atoms with E-state index in [1.165, 1.54) is 11.1 Å². The number of rotatable bonds is 4. The smallest absolute Gasteiger partial charge is 0.136 e. The van der Waals surface area contributed by atoms with E-state index in [4.69, 9.17) is 11.6 Å². The Hall–Kier alpha value is -1.00. The van der Waals surface area contributed by atoms with Crippen molar-refractivity contribution in [2.45, 2.75) is 45.4 Å². The van der Waals surface area contributed by atoms with Crippen LogP contribution in [0.3, 0.4) is 0 Å². The normalized spacial score (nSPS) is 14.6. The standard InChI is InChI=1S/C19H24ClNOS/c1-13-9-10-17(14(2)11-13)18(21-23(22)19(3,4)5)15-7-6-8-16(20)12-15/h6-12,18,21H,1-5H3. The van der Waals surface area contributed by atoms with Crippen LogP contribution in [-0.2, 0) is 11.4 Å². The molecule has 0 aliphatic heterocycles. The molecule has 2 aromatic rings. The fourth-order valence-electron chi connectivity index (χ4n) is 2.43. The van der Waals surface area contributed by atoms with Crippen LogP contribution in [0.4, 0.5) is 0 Å². The molecule has 23 heavy (non-hydrogen) atoms. The highest BCUT2D eigenvalue weighted by atomic mass is 35.5. The quantitative estimate of drug-likeness (QED) is 0.779. The molecular formula is C19H24ClNOS. The summed E-state index contributed by atoms with van der Waals surface area (Å²) in [7, 11) is 0. The second kappa shape index (κ2) is 7.27. The van der Waals surface area contributed by atoms with Crippen molar-refractivity contribution in [3.63, 3.8) is 0 Å². The highest BCUT2D eigenvalue weighted by molar-refractivity contribution is 7.90. The zero-order valence-corrected chi connectivity index (χ0v) is 15.9. The summed E-state index contributed by atoms with van der Waals surface area (Å²) in [6, 6.07) is 13.9. The molecule has 124 valence electrons. The Morgan fingerprint density at radius 3 is 2.35 bits per heavy atom. The van der Waals surface area contributed by atoms with Gasteiger partial charge in [0.2, 0.25) is 0 Å². The lowest BCUT2D eigenvalue weighted by Crippen LogP contribution is -2.41. The molecule has 0 aliphatic carbocycles. The van der Waals surface area contributed by atoms with Crippen LogP contribution in [0, 0.1) is 13.8 Å². The number of hydrogen-bond acceptors (Lipinski definition) is 2. The minimum Gasteiger partial charge on any atom is -0.598 e. The average Bonchev–Trinajstić information content (AvgIpc) is 2.44. The van der Waals surface area contributed by atoms with Crippen molar-refractivity contribution in [1.29, 1.82) is 0 Å². The number of hydrogen-bond donors (Lipinski definition) is 1. The average molecular weight is 350 g/mol. The summed E-state index contributed by atoms with van der Waals surface area (Å²) in [5, 5.41) is 0.681. The molecule has 2 nitrogen and oxygen atoms in total. The van der Waals surface area contributed by atoms with E-state index in [1.807, 2.05) is 45.0 Å². The molecule has 2 rings (SSSR count). The van der Waals surface area contributed by atoms with Crippen LogP contribution in [0.5, 0.6) is 0 Å². The first-order valence-corrected chi connectivity index (χ1v) is 9.22. The Bertz CT molecular complexity index is 681. The summed E-state index contributed by atoms with van der Waals surface area (Å²) in [4.78, 5) is 0. The van der Waals surface area contributed by atoms with Gasteiger partial charge in [-0.05, 0) is 63.4 Å². The molecule has 0 heterocycles. The van der Waals surface area contributed by atoms with Gasteiger partial charge in [-0.25, -0.2) is 0 Å². The van der Waals surface area contributed by atoms with Gasteiger partial charge in [-0.15, -0.1) is 4.72 Å². The molecule has 2 atom stereocenters. The Balaban J connectivity index is 2.47. The van der Waals surface area contributed by atoms with Crippen LogP contribution in [-0.4, -0.2) is 9.30 Å². The fourth-order valence-corrected chi connectivity index (χ4v) is 3.46. The van der Waals surface area contributed by atoms with Crippen molar-refractivity contribution in [3.8, 4) is 0 Å². The maximum atomic E-state index is 12.7. The Morgan fingerprint density at radius 2 is 1.78 bits per heavy atom. The summed E-state index contributed by atoms with van der Waals surface area (Å²) in [5.41, 5.74) is 4.53. The Labute approximate surface area is 147 Å². The van der Waals surface area contributed by atoms with E-state index in [0.717, 1.165) is 11.1 Å². The van der Waals surface area contributed by atoms with Crippen LogP contribution in [0.15, 0.2) is 42.5 Å². The predicted octanol–water partition coefficient (Wildman–Crippen LogP) is 5.10. The third-order valence-electron chi connectivity index (χ3n) is 3.70. The predicted molar refractivity (Wildman–Crippen MR) is 100 cm³/mol. The van der Waals surface area contributed by atoms with Crippen molar-refractivity contribution >= 4 is 23.0 Å². The van der Waals surface area contributed by atoms with Crippen molar-refractivity contribution in [2.75, 3.05) is 0 Å². The summed E-state index contributed by atoms with van der Waals surface area (Å²) in [5.74, 6) is 0. The third kappa shape index (κ3) is 4.74. The van der Waals surface area contributed by atoms with E-state index in [0.29, 0.717) is 5.02 Å². The van der Waals surface area contributed by atoms with Crippen LogP contribution < -0.4 is 4.72 Å². The van der Waals surface area contributed by atoms with E-state index < -0.39 is 11.4 Å². The summed E-state index contributed by atoms with van der Waals surface area (Å²) >= 11 is 4.98. The van der Waals surface area contributed by atoms with Gasteiger partial charge in [-0.3, -0.25) is 0 Å². The minimum atomic E-state index is -1.18. The van der Waals surface area contributed by atoms with E-state index in [9.17, 15) is 4.55 Å². The second-order valence-corrected chi connectivity index (χ2v) is 9.28. The van der Waals surface area contributed by atoms with Gasteiger partial charge in [0.1, 0.15) is 10.8 Å². The zero-order valence-electron chi connectivity index (χ0n) is 14.3. The van der Waals surface area contributed by atoms with Crippen molar-refractivity contribution < 1.29 is 4.55 Å². The maximum Gasteiger partial charge on any atom is 0.136 e. The van der Waals surface area contributed by atoms with Gasteiger partial charge in [0, 0.05) is 16.4 Å².